The van der Waals surface area contributed by atoms with Gasteiger partial charge >= 0.3 is 6.18 Å². The van der Waals surface area contributed by atoms with Crippen LogP contribution in [0, 0.1) is 0 Å². The summed E-state index contributed by atoms with van der Waals surface area (Å²) in [6.45, 7) is 0.887. The molecule has 2 unspecified atom stereocenters. The molecule has 0 aliphatic heterocycles. The highest BCUT2D eigenvalue weighted by Gasteiger charge is 2.37. The molecule has 0 fully saturated rings. The molecule has 0 amide bonds. The molecule has 1 aromatic carbocycles. The Labute approximate surface area is 102 Å². The van der Waals surface area contributed by atoms with E-state index in [9.17, 15) is 23.4 Å². The van der Waals surface area contributed by atoms with E-state index >= 15 is 0 Å². The molecule has 1 aromatic rings. The first kappa shape index (κ1) is 14.6. The van der Waals surface area contributed by atoms with Gasteiger partial charge in [-0.05, 0) is 24.6 Å². The van der Waals surface area contributed by atoms with Crippen molar-refractivity contribution in [3.8, 4) is 11.5 Å². The summed E-state index contributed by atoms with van der Waals surface area (Å²) >= 11 is 0. The molecule has 4 N–H and O–H groups in total. The molecular formula is C11H14F3NO3. The van der Waals surface area contributed by atoms with Crippen LogP contribution in [0.3, 0.4) is 0 Å². The van der Waals surface area contributed by atoms with Crippen LogP contribution in [-0.2, 0) is 0 Å². The molecule has 2 atom stereocenters. The maximum atomic E-state index is 12.1. The topological polar surface area (TPSA) is 72.7 Å². The highest BCUT2D eigenvalue weighted by atomic mass is 19.4. The van der Waals surface area contributed by atoms with Crippen molar-refractivity contribution < 1.29 is 28.5 Å². The van der Waals surface area contributed by atoms with Crippen LogP contribution in [0.15, 0.2) is 18.2 Å². The Balaban J connectivity index is 2.63. The molecule has 18 heavy (non-hydrogen) atoms. The molecule has 0 radical (unpaired) electrons. The largest absolute Gasteiger partial charge is 0.508 e. The maximum Gasteiger partial charge on any atom is 0.415 e. The van der Waals surface area contributed by atoms with E-state index in [4.69, 9.17) is 5.11 Å². The smallest absolute Gasteiger partial charge is 0.415 e. The Morgan fingerprint density at radius 3 is 2.11 bits per heavy atom. The molecule has 102 valence electrons. The second-order valence-electron chi connectivity index (χ2n) is 3.97. The van der Waals surface area contributed by atoms with Crippen molar-refractivity contribution >= 4 is 0 Å². The van der Waals surface area contributed by atoms with Crippen LogP contribution in [0.1, 0.15) is 18.5 Å². The van der Waals surface area contributed by atoms with E-state index < -0.39 is 24.9 Å². The van der Waals surface area contributed by atoms with Crippen molar-refractivity contribution in [2.45, 2.75) is 25.2 Å². The summed E-state index contributed by atoms with van der Waals surface area (Å²) in [4.78, 5) is 0. The number of hydrogen-bond acceptors (Lipinski definition) is 4. The van der Waals surface area contributed by atoms with Crippen LogP contribution >= 0.6 is 0 Å². The van der Waals surface area contributed by atoms with Crippen molar-refractivity contribution in [3.05, 3.63) is 23.8 Å². The summed E-state index contributed by atoms with van der Waals surface area (Å²) in [5.74, 6) is -0.370. The van der Waals surface area contributed by atoms with Gasteiger partial charge in [-0.15, -0.1) is 0 Å². The van der Waals surface area contributed by atoms with E-state index in [1.807, 2.05) is 0 Å². The third-order valence-electron chi connectivity index (χ3n) is 2.42. The number of rotatable bonds is 4. The molecule has 4 nitrogen and oxygen atoms in total. The summed E-state index contributed by atoms with van der Waals surface area (Å²) in [5, 5.41) is 29.7. The van der Waals surface area contributed by atoms with Crippen molar-refractivity contribution in [3.63, 3.8) is 0 Å². The fourth-order valence-corrected chi connectivity index (χ4v) is 1.39. The third-order valence-corrected chi connectivity index (χ3v) is 2.42. The van der Waals surface area contributed by atoms with E-state index in [0.717, 1.165) is 6.07 Å². The van der Waals surface area contributed by atoms with Crippen LogP contribution in [0.4, 0.5) is 13.2 Å². The Kier molecular flexibility index (Phi) is 4.42. The van der Waals surface area contributed by atoms with Crippen LogP contribution in [-0.4, -0.2) is 34.1 Å². The Morgan fingerprint density at radius 1 is 1.17 bits per heavy atom. The average Bonchev–Trinajstić information content (AvgIpc) is 2.22. The lowest BCUT2D eigenvalue weighted by atomic mass is 10.1. The first-order valence-corrected chi connectivity index (χ1v) is 5.21. The number of phenols is 2. The lowest BCUT2D eigenvalue weighted by Crippen LogP contribution is -2.39. The molecule has 7 heteroatoms. The predicted octanol–water partition coefficient (Wildman–Crippen LogP) is 1.67. The number of aromatic hydroxyl groups is 2. The summed E-state index contributed by atoms with van der Waals surface area (Å²) < 4.78 is 36.2. The highest BCUT2D eigenvalue weighted by molar-refractivity contribution is 5.37. The highest BCUT2D eigenvalue weighted by Crippen LogP contribution is 2.25. The number of alkyl halides is 3. The Morgan fingerprint density at radius 2 is 1.67 bits per heavy atom. The quantitative estimate of drug-likeness (QED) is 0.668. The molecular weight excluding hydrogens is 251 g/mol. The molecule has 0 spiro atoms. The average molecular weight is 265 g/mol. The van der Waals surface area contributed by atoms with Crippen LogP contribution in [0.2, 0.25) is 0 Å². The van der Waals surface area contributed by atoms with Gasteiger partial charge < -0.3 is 20.6 Å². The molecule has 0 heterocycles. The molecule has 0 aliphatic carbocycles. The zero-order valence-electron chi connectivity index (χ0n) is 9.57. The number of halogens is 3. The van der Waals surface area contributed by atoms with Gasteiger partial charge in [0.15, 0.2) is 6.10 Å². The maximum absolute atomic E-state index is 12.1. The first-order valence-electron chi connectivity index (χ1n) is 5.21. The third kappa shape index (κ3) is 4.08. The van der Waals surface area contributed by atoms with Crippen LogP contribution in [0.25, 0.3) is 0 Å². The molecule has 0 saturated carbocycles. The van der Waals surface area contributed by atoms with Gasteiger partial charge in [0, 0.05) is 18.7 Å². The van der Waals surface area contributed by atoms with Crippen molar-refractivity contribution in [1.29, 1.82) is 0 Å². The fourth-order valence-electron chi connectivity index (χ4n) is 1.39. The minimum atomic E-state index is -4.67. The number of phenolic OH excluding ortho intramolecular Hbond substituents is 2. The number of aliphatic hydroxyl groups excluding tert-OH is 1. The normalized spacial score (nSPS) is 15.4. The molecule has 1 rings (SSSR count). The molecule has 0 saturated heterocycles. The van der Waals surface area contributed by atoms with Gasteiger partial charge in [0.1, 0.15) is 11.5 Å². The number of nitrogens with one attached hydrogen (secondary N) is 1. The van der Waals surface area contributed by atoms with E-state index in [1.54, 1.807) is 6.92 Å². The number of benzene rings is 1. The second kappa shape index (κ2) is 5.45. The zero-order chi connectivity index (χ0) is 13.9. The van der Waals surface area contributed by atoms with Gasteiger partial charge in [-0.1, -0.05) is 0 Å². The summed E-state index contributed by atoms with van der Waals surface area (Å²) in [6.07, 6.45) is -7.13. The van der Waals surface area contributed by atoms with Crippen LogP contribution in [0.5, 0.6) is 11.5 Å². The zero-order valence-corrected chi connectivity index (χ0v) is 9.57. The van der Waals surface area contributed by atoms with Gasteiger partial charge in [-0.3, -0.25) is 0 Å². The number of aliphatic hydroxyl groups is 1. The lowest BCUT2D eigenvalue weighted by Gasteiger charge is -2.19. The summed E-state index contributed by atoms with van der Waals surface area (Å²) in [7, 11) is 0. The first-order chi connectivity index (χ1) is 8.20. The second-order valence-corrected chi connectivity index (χ2v) is 3.97. The summed E-state index contributed by atoms with van der Waals surface area (Å²) in [6, 6.07) is 3.19. The fraction of sp³-hybridized carbons (Fsp3) is 0.455. The molecule has 0 aromatic heterocycles. The van der Waals surface area contributed by atoms with E-state index in [0.29, 0.717) is 5.56 Å². The standard InChI is InChI=1S/C11H14F3NO3/c1-6(15-5-10(18)11(12,13)14)7-2-8(16)4-9(17)3-7/h2-4,6,10,15-18H,5H2,1H3. The Bertz CT molecular complexity index is 389. The van der Waals surface area contributed by atoms with E-state index in [1.165, 1.54) is 12.1 Å². The monoisotopic (exact) mass is 265 g/mol. The van der Waals surface area contributed by atoms with Gasteiger partial charge in [-0.25, -0.2) is 0 Å². The van der Waals surface area contributed by atoms with Gasteiger partial charge in [0.25, 0.3) is 0 Å². The van der Waals surface area contributed by atoms with Crippen molar-refractivity contribution in [2.24, 2.45) is 0 Å². The van der Waals surface area contributed by atoms with Crippen molar-refractivity contribution in [1.82, 2.24) is 5.32 Å². The minimum absolute atomic E-state index is 0.185. The predicted molar refractivity (Wildman–Crippen MR) is 58.3 cm³/mol. The van der Waals surface area contributed by atoms with Gasteiger partial charge in [-0.2, -0.15) is 13.2 Å². The summed E-state index contributed by atoms with van der Waals surface area (Å²) in [5.41, 5.74) is 0.418. The SMILES string of the molecule is CC(NCC(O)C(F)(F)F)c1cc(O)cc(O)c1. The van der Waals surface area contributed by atoms with E-state index in [2.05, 4.69) is 5.32 Å². The van der Waals surface area contributed by atoms with Crippen LogP contribution < -0.4 is 5.32 Å². The van der Waals surface area contributed by atoms with Gasteiger partial charge in [0.05, 0.1) is 0 Å². The van der Waals surface area contributed by atoms with E-state index in [-0.39, 0.29) is 11.5 Å². The molecule has 0 aliphatic rings. The van der Waals surface area contributed by atoms with Gasteiger partial charge in [0.2, 0.25) is 0 Å². The van der Waals surface area contributed by atoms with Crippen molar-refractivity contribution in [2.75, 3.05) is 6.54 Å². The number of hydrogen-bond donors (Lipinski definition) is 4. The molecule has 0 bridgehead atoms. The minimum Gasteiger partial charge on any atom is -0.508 e. The lowest BCUT2D eigenvalue weighted by molar-refractivity contribution is -0.202. The Hall–Kier alpha value is -1.47.